The maximum absolute atomic E-state index is 11.6. The summed E-state index contributed by atoms with van der Waals surface area (Å²) in [4.78, 5) is 13.7. The average molecular weight is 271 g/mol. The minimum absolute atomic E-state index is 0.198. The Kier molecular flexibility index (Phi) is 6.23. The van der Waals surface area contributed by atoms with Crippen LogP contribution < -0.4 is 4.90 Å². The largest absolute Gasteiger partial charge is 0.378 e. The highest BCUT2D eigenvalue weighted by Crippen LogP contribution is 2.22. The van der Waals surface area contributed by atoms with Gasteiger partial charge in [-0.1, -0.05) is 45.4 Å². The molecule has 0 bridgehead atoms. The second-order valence-electron chi connectivity index (χ2n) is 5.12. The Morgan fingerprint density at radius 2 is 1.50 bits per heavy atom. The zero-order valence-electron chi connectivity index (χ0n) is 13.2. The van der Waals surface area contributed by atoms with E-state index in [0.29, 0.717) is 6.42 Å². The monoisotopic (exact) mass is 271 g/mol. The molecule has 2 nitrogen and oxygen atoms in total. The van der Waals surface area contributed by atoms with Gasteiger partial charge in [0.05, 0.1) is 0 Å². The number of hydrogen-bond donors (Lipinski definition) is 0. The van der Waals surface area contributed by atoms with Gasteiger partial charge in [-0.2, -0.15) is 0 Å². The minimum atomic E-state index is 0.198. The fraction of sp³-hybridized carbons (Fsp3) is 0.389. The van der Waals surface area contributed by atoms with Crippen molar-refractivity contribution >= 4 is 22.2 Å². The Bertz CT molecular complexity index is 573. The van der Waals surface area contributed by atoms with Gasteiger partial charge in [0.25, 0.3) is 0 Å². The van der Waals surface area contributed by atoms with Gasteiger partial charge in [-0.3, -0.25) is 4.79 Å². The van der Waals surface area contributed by atoms with Gasteiger partial charge in [0.1, 0.15) is 0 Å². The maximum atomic E-state index is 11.6. The molecular weight excluding hydrogens is 246 g/mol. The second-order valence-corrected chi connectivity index (χ2v) is 5.12. The molecule has 2 aromatic rings. The van der Waals surface area contributed by atoms with E-state index in [0.717, 1.165) is 10.9 Å². The third-order valence-electron chi connectivity index (χ3n) is 2.98. The molecule has 2 aromatic carbocycles. The molecule has 0 aliphatic heterocycles. The summed E-state index contributed by atoms with van der Waals surface area (Å²) < 4.78 is 0. The van der Waals surface area contributed by atoms with E-state index in [-0.39, 0.29) is 5.78 Å². The highest BCUT2D eigenvalue weighted by molar-refractivity contribution is 6.00. The summed E-state index contributed by atoms with van der Waals surface area (Å²) >= 11 is 0. The number of carbonyl (C=O) groups is 1. The zero-order chi connectivity index (χ0) is 15.1. The van der Waals surface area contributed by atoms with Crippen molar-refractivity contribution < 1.29 is 4.79 Å². The number of carbonyl (C=O) groups excluding carboxylic acids is 1. The molecule has 0 heterocycles. The maximum Gasteiger partial charge on any atom is 0.162 e. The molecule has 0 N–H and O–H groups in total. The first-order valence-electron chi connectivity index (χ1n) is 7.27. The van der Waals surface area contributed by atoms with Gasteiger partial charge in [-0.25, -0.2) is 0 Å². The molecule has 0 atom stereocenters. The highest BCUT2D eigenvalue weighted by atomic mass is 16.1. The van der Waals surface area contributed by atoms with E-state index in [1.54, 1.807) is 0 Å². The molecule has 2 heteroatoms. The first-order valence-corrected chi connectivity index (χ1v) is 7.27. The average Bonchev–Trinajstić information content (AvgIpc) is 2.46. The Morgan fingerprint density at radius 1 is 0.950 bits per heavy atom. The van der Waals surface area contributed by atoms with Crippen molar-refractivity contribution in [1.82, 2.24) is 0 Å². The molecule has 0 saturated heterocycles. The number of Topliss-reactive ketones (excluding diaryl/α,β-unsaturated/α-hetero) is 1. The van der Waals surface area contributed by atoms with E-state index in [1.807, 2.05) is 39.2 Å². The van der Waals surface area contributed by atoms with Crippen molar-refractivity contribution in [2.45, 2.75) is 33.6 Å². The lowest BCUT2D eigenvalue weighted by atomic mass is 10.0. The lowest BCUT2D eigenvalue weighted by Gasteiger charge is -2.13. The van der Waals surface area contributed by atoms with Crippen LogP contribution in [-0.2, 0) is 0 Å². The van der Waals surface area contributed by atoms with E-state index >= 15 is 0 Å². The minimum Gasteiger partial charge on any atom is -0.378 e. The van der Waals surface area contributed by atoms with Crippen LogP contribution >= 0.6 is 0 Å². The fourth-order valence-electron chi connectivity index (χ4n) is 1.89. The Balaban J connectivity index is 0.000000612. The topological polar surface area (TPSA) is 20.3 Å². The third kappa shape index (κ3) is 4.09. The zero-order valence-corrected chi connectivity index (χ0v) is 13.2. The van der Waals surface area contributed by atoms with Gasteiger partial charge < -0.3 is 4.90 Å². The molecule has 2 rings (SSSR count). The van der Waals surface area contributed by atoms with E-state index in [2.05, 4.69) is 36.9 Å². The van der Waals surface area contributed by atoms with Crippen LogP contribution in [0.15, 0.2) is 36.4 Å². The standard InChI is InChI=1S/C15H17NO.C3H8/c1-4-15(17)13-6-5-12-10-14(16(2)3)8-7-11(12)9-13;1-3-2/h5-10H,4H2,1-3H3;3H2,1-2H3. The Morgan fingerprint density at radius 3 is 2.05 bits per heavy atom. The van der Waals surface area contributed by atoms with Crippen LogP contribution in [0.2, 0.25) is 0 Å². The number of benzene rings is 2. The van der Waals surface area contributed by atoms with Gasteiger partial charge in [-0.05, 0) is 29.0 Å². The van der Waals surface area contributed by atoms with Crippen LogP contribution in [0.5, 0.6) is 0 Å². The summed E-state index contributed by atoms with van der Waals surface area (Å²) in [5, 5.41) is 2.29. The summed E-state index contributed by atoms with van der Waals surface area (Å²) in [6, 6.07) is 12.2. The smallest absolute Gasteiger partial charge is 0.162 e. The van der Waals surface area contributed by atoms with Crippen molar-refractivity contribution in [2.75, 3.05) is 19.0 Å². The van der Waals surface area contributed by atoms with Gasteiger partial charge in [-0.15, -0.1) is 0 Å². The summed E-state index contributed by atoms with van der Waals surface area (Å²) in [7, 11) is 4.05. The Labute approximate surface area is 122 Å². The van der Waals surface area contributed by atoms with E-state index in [9.17, 15) is 4.79 Å². The first-order chi connectivity index (χ1) is 9.53. The predicted molar refractivity (Wildman–Crippen MR) is 88.9 cm³/mol. The summed E-state index contributed by atoms with van der Waals surface area (Å²) in [5.74, 6) is 0.198. The molecule has 20 heavy (non-hydrogen) atoms. The van der Waals surface area contributed by atoms with Crippen LogP contribution in [0.4, 0.5) is 5.69 Å². The van der Waals surface area contributed by atoms with Crippen molar-refractivity contribution in [2.24, 2.45) is 0 Å². The molecule has 0 fully saturated rings. The van der Waals surface area contributed by atoms with Gasteiger partial charge in [0.15, 0.2) is 5.78 Å². The molecule has 0 aromatic heterocycles. The summed E-state index contributed by atoms with van der Waals surface area (Å²) in [5.41, 5.74) is 1.98. The fourth-order valence-corrected chi connectivity index (χ4v) is 1.89. The number of fused-ring (bicyclic) bond motifs is 1. The summed E-state index contributed by atoms with van der Waals surface area (Å²) in [6.45, 7) is 6.14. The van der Waals surface area contributed by atoms with Crippen LogP contribution in [0.1, 0.15) is 44.0 Å². The molecule has 0 radical (unpaired) electrons. The van der Waals surface area contributed by atoms with Gasteiger partial charge in [0, 0.05) is 31.8 Å². The quantitative estimate of drug-likeness (QED) is 0.739. The van der Waals surface area contributed by atoms with Crippen LogP contribution in [0.25, 0.3) is 10.8 Å². The lowest BCUT2D eigenvalue weighted by molar-refractivity contribution is 0.0988. The molecular formula is C18H25NO. The van der Waals surface area contributed by atoms with E-state index in [1.165, 1.54) is 17.5 Å². The number of ketones is 1. The van der Waals surface area contributed by atoms with Gasteiger partial charge in [0.2, 0.25) is 0 Å². The second kappa shape index (κ2) is 7.68. The molecule has 0 spiro atoms. The number of rotatable bonds is 3. The van der Waals surface area contributed by atoms with Crippen molar-refractivity contribution in [3.63, 3.8) is 0 Å². The SMILES string of the molecule is CCC.CCC(=O)c1ccc2cc(N(C)C)ccc2c1. The molecule has 0 saturated carbocycles. The molecule has 0 aliphatic carbocycles. The van der Waals surface area contributed by atoms with Crippen LogP contribution in [0, 0.1) is 0 Å². The normalized spacial score (nSPS) is 9.85. The van der Waals surface area contributed by atoms with Crippen molar-refractivity contribution in [1.29, 1.82) is 0 Å². The third-order valence-corrected chi connectivity index (χ3v) is 2.98. The van der Waals surface area contributed by atoms with Crippen LogP contribution in [0.3, 0.4) is 0 Å². The van der Waals surface area contributed by atoms with E-state index < -0.39 is 0 Å². The predicted octanol–water partition coefficient (Wildman–Crippen LogP) is 4.91. The number of hydrogen-bond acceptors (Lipinski definition) is 2. The number of anilines is 1. The molecule has 108 valence electrons. The lowest BCUT2D eigenvalue weighted by Crippen LogP contribution is -2.08. The Hall–Kier alpha value is -1.83. The van der Waals surface area contributed by atoms with Gasteiger partial charge >= 0.3 is 0 Å². The van der Waals surface area contributed by atoms with Crippen LogP contribution in [-0.4, -0.2) is 19.9 Å². The van der Waals surface area contributed by atoms with Crippen molar-refractivity contribution in [3.8, 4) is 0 Å². The molecule has 0 aliphatic rings. The molecule has 0 unspecified atom stereocenters. The molecule has 0 amide bonds. The first kappa shape index (κ1) is 16.2. The van der Waals surface area contributed by atoms with Crippen molar-refractivity contribution in [3.05, 3.63) is 42.0 Å². The van der Waals surface area contributed by atoms with E-state index in [4.69, 9.17) is 0 Å². The number of nitrogens with zero attached hydrogens (tertiary/aromatic N) is 1. The summed E-state index contributed by atoms with van der Waals surface area (Å²) in [6.07, 6.45) is 1.81. The highest BCUT2D eigenvalue weighted by Gasteiger charge is 2.04.